The van der Waals surface area contributed by atoms with Gasteiger partial charge in [0, 0.05) is 30.9 Å². The zero-order chi connectivity index (χ0) is 13.5. The van der Waals surface area contributed by atoms with Gasteiger partial charge in [-0.3, -0.25) is 9.88 Å². The largest absolute Gasteiger partial charge is 0.497 e. The molecular weight excluding hydrogens is 226 g/mol. The van der Waals surface area contributed by atoms with Gasteiger partial charge < -0.3 is 4.74 Å². The molecule has 0 radical (unpaired) electrons. The molecule has 98 valence electrons. The van der Waals surface area contributed by atoms with Crippen LogP contribution in [-0.4, -0.2) is 30.1 Å². The second kappa shape index (κ2) is 6.97. The van der Waals surface area contributed by atoms with Crippen molar-refractivity contribution in [2.45, 2.75) is 27.3 Å². The number of hydrogen-bond acceptors (Lipinski definition) is 4. The first-order valence-electron chi connectivity index (χ1n) is 6.22. The first-order chi connectivity index (χ1) is 8.58. The number of pyridine rings is 1. The standard InChI is InChI=1S/C14H21N3O/c1-5-17(9-11(2)8-15)10-13-7-14(18-4)6-12(3)16-13/h6-7,11H,5,9-10H2,1-4H3. The SMILES string of the molecule is CCN(Cc1cc(OC)cc(C)n1)CC(C)C#N. The summed E-state index contributed by atoms with van der Waals surface area (Å²) in [4.78, 5) is 6.72. The molecule has 18 heavy (non-hydrogen) atoms. The normalized spacial score (nSPS) is 12.2. The van der Waals surface area contributed by atoms with Crippen molar-refractivity contribution < 1.29 is 4.74 Å². The summed E-state index contributed by atoms with van der Waals surface area (Å²) in [5.41, 5.74) is 1.94. The lowest BCUT2D eigenvalue weighted by atomic mass is 10.2. The number of rotatable bonds is 6. The molecule has 0 aliphatic rings. The Hall–Kier alpha value is -1.60. The lowest BCUT2D eigenvalue weighted by Crippen LogP contribution is -2.28. The molecule has 0 spiro atoms. The highest BCUT2D eigenvalue weighted by Gasteiger charge is 2.10. The van der Waals surface area contributed by atoms with Crippen LogP contribution in [0.15, 0.2) is 12.1 Å². The molecule has 0 saturated heterocycles. The van der Waals surface area contributed by atoms with E-state index in [-0.39, 0.29) is 5.92 Å². The first kappa shape index (κ1) is 14.5. The van der Waals surface area contributed by atoms with E-state index in [0.29, 0.717) is 0 Å². The third kappa shape index (κ3) is 4.34. The molecule has 1 atom stereocenters. The van der Waals surface area contributed by atoms with Crippen molar-refractivity contribution in [2.24, 2.45) is 5.92 Å². The zero-order valence-corrected chi connectivity index (χ0v) is 11.6. The van der Waals surface area contributed by atoms with Gasteiger partial charge in [-0.15, -0.1) is 0 Å². The van der Waals surface area contributed by atoms with E-state index >= 15 is 0 Å². The minimum Gasteiger partial charge on any atom is -0.497 e. The van der Waals surface area contributed by atoms with Gasteiger partial charge in [0.1, 0.15) is 5.75 Å². The van der Waals surface area contributed by atoms with E-state index in [9.17, 15) is 0 Å². The molecule has 1 aromatic rings. The average Bonchev–Trinajstić information content (AvgIpc) is 2.36. The van der Waals surface area contributed by atoms with Gasteiger partial charge in [0.25, 0.3) is 0 Å². The van der Waals surface area contributed by atoms with Crippen molar-refractivity contribution in [3.05, 3.63) is 23.5 Å². The van der Waals surface area contributed by atoms with Gasteiger partial charge in [0.15, 0.2) is 0 Å². The summed E-state index contributed by atoms with van der Waals surface area (Å²) >= 11 is 0. The minimum atomic E-state index is 0.0386. The molecule has 0 amide bonds. The lowest BCUT2D eigenvalue weighted by molar-refractivity contribution is 0.257. The first-order valence-corrected chi connectivity index (χ1v) is 6.22. The molecule has 1 heterocycles. The topological polar surface area (TPSA) is 49.1 Å². The van der Waals surface area contributed by atoms with Crippen molar-refractivity contribution in [1.82, 2.24) is 9.88 Å². The highest BCUT2D eigenvalue weighted by Crippen LogP contribution is 2.15. The van der Waals surface area contributed by atoms with Crippen LogP contribution in [0.5, 0.6) is 5.75 Å². The number of aryl methyl sites for hydroxylation is 1. The maximum Gasteiger partial charge on any atom is 0.122 e. The molecule has 4 heteroatoms. The van der Waals surface area contributed by atoms with Gasteiger partial charge in [-0.1, -0.05) is 6.92 Å². The molecule has 0 saturated carbocycles. The van der Waals surface area contributed by atoms with Crippen LogP contribution in [0.25, 0.3) is 0 Å². The molecule has 1 aromatic heterocycles. The zero-order valence-electron chi connectivity index (χ0n) is 11.6. The van der Waals surface area contributed by atoms with Crippen molar-refractivity contribution >= 4 is 0 Å². The van der Waals surface area contributed by atoms with Crippen molar-refractivity contribution in [3.8, 4) is 11.8 Å². The fraction of sp³-hybridized carbons (Fsp3) is 0.571. The molecule has 4 nitrogen and oxygen atoms in total. The molecule has 0 bridgehead atoms. The quantitative estimate of drug-likeness (QED) is 0.774. The summed E-state index contributed by atoms with van der Waals surface area (Å²) in [6, 6.07) is 6.13. The van der Waals surface area contributed by atoms with E-state index in [4.69, 9.17) is 10.00 Å². The van der Waals surface area contributed by atoms with E-state index in [1.807, 2.05) is 26.0 Å². The molecule has 0 fully saturated rings. The van der Waals surface area contributed by atoms with E-state index in [0.717, 1.165) is 36.8 Å². The van der Waals surface area contributed by atoms with Crippen LogP contribution >= 0.6 is 0 Å². The number of aromatic nitrogens is 1. The lowest BCUT2D eigenvalue weighted by Gasteiger charge is -2.21. The Bertz CT molecular complexity index is 426. The third-order valence-electron chi connectivity index (χ3n) is 2.80. The van der Waals surface area contributed by atoms with Gasteiger partial charge in [-0.05, 0) is 20.4 Å². The van der Waals surface area contributed by atoms with E-state index in [2.05, 4.69) is 22.9 Å². The Morgan fingerprint density at radius 3 is 2.78 bits per heavy atom. The third-order valence-corrected chi connectivity index (χ3v) is 2.80. The summed E-state index contributed by atoms with van der Waals surface area (Å²) in [7, 11) is 1.66. The van der Waals surface area contributed by atoms with E-state index in [1.165, 1.54) is 0 Å². The van der Waals surface area contributed by atoms with Crippen LogP contribution in [0.4, 0.5) is 0 Å². The minimum absolute atomic E-state index is 0.0386. The molecule has 0 aromatic carbocycles. The van der Waals surface area contributed by atoms with Crippen LogP contribution in [0, 0.1) is 24.2 Å². The van der Waals surface area contributed by atoms with Crippen molar-refractivity contribution in [3.63, 3.8) is 0 Å². The number of ether oxygens (including phenoxy) is 1. The summed E-state index contributed by atoms with van der Waals surface area (Å²) in [5.74, 6) is 0.874. The van der Waals surface area contributed by atoms with Gasteiger partial charge in [-0.2, -0.15) is 5.26 Å². The Morgan fingerprint density at radius 1 is 1.50 bits per heavy atom. The number of nitrogens with zero attached hydrogens (tertiary/aromatic N) is 3. The van der Waals surface area contributed by atoms with Crippen molar-refractivity contribution in [1.29, 1.82) is 5.26 Å². The van der Waals surface area contributed by atoms with E-state index < -0.39 is 0 Å². The second-order valence-electron chi connectivity index (χ2n) is 4.50. The van der Waals surface area contributed by atoms with Gasteiger partial charge in [0.05, 0.1) is 24.8 Å². The van der Waals surface area contributed by atoms with Crippen LogP contribution < -0.4 is 4.74 Å². The predicted molar refractivity (Wildman–Crippen MR) is 71.3 cm³/mol. The molecule has 0 aliphatic carbocycles. The monoisotopic (exact) mass is 247 g/mol. The summed E-state index contributed by atoms with van der Waals surface area (Å²) in [5, 5.41) is 8.86. The predicted octanol–water partition coefficient (Wildman–Crippen LogP) is 2.38. The Morgan fingerprint density at radius 2 is 2.22 bits per heavy atom. The van der Waals surface area contributed by atoms with Crippen LogP contribution in [0.2, 0.25) is 0 Å². The molecular formula is C14H21N3O. The fourth-order valence-corrected chi connectivity index (χ4v) is 1.86. The summed E-state index contributed by atoms with van der Waals surface area (Å²) < 4.78 is 5.24. The molecule has 0 aliphatic heterocycles. The van der Waals surface area contributed by atoms with Crippen LogP contribution in [0.1, 0.15) is 25.2 Å². The Balaban J connectivity index is 2.75. The maximum atomic E-state index is 8.86. The highest BCUT2D eigenvalue weighted by molar-refractivity contribution is 5.26. The number of methoxy groups -OCH3 is 1. The number of nitriles is 1. The second-order valence-corrected chi connectivity index (χ2v) is 4.50. The highest BCUT2D eigenvalue weighted by atomic mass is 16.5. The van der Waals surface area contributed by atoms with Crippen LogP contribution in [0.3, 0.4) is 0 Å². The molecule has 0 N–H and O–H groups in total. The summed E-state index contributed by atoms with van der Waals surface area (Å²) in [6.07, 6.45) is 0. The average molecular weight is 247 g/mol. The van der Waals surface area contributed by atoms with E-state index in [1.54, 1.807) is 7.11 Å². The Labute approximate surface area is 109 Å². The maximum absolute atomic E-state index is 8.86. The van der Waals surface area contributed by atoms with Crippen molar-refractivity contribution in [2.75, 3.05) is 20.2 Å². The molecule has 1 rings (SSSR count). The number of hydrogen-bond donors (Lipinski definition) is 0. The fourth-order valence-electron chi connectivity index (χ4n) is 1.86. The van der Waals surface area contributed by atoms with Crippen LogP contribution in [-0.2, 0) is 6.54 Å². The smallest absolute Gasteiger partial charge is 0.122 e. The van der Waals surface area contributed by atoms with Gasteiger partial charge in [-0.25, -0.2) is 0 Å². The van der Waals surface area contributed by atoms with Gasteiger partial charge >= 0.3 is 0 Å². The van der Waals surface area contributed by atoms with Gasteiger partial charge in [0.2, 0.25) is 0 Å². The summed E-state index contributed by atoms with van der Waals surface area (Å²) in [6.45, 7) is 8.42. The Kier molecular flexibility index (Phi) is 5.60. The molecule has 1 unspecified atom stereocenters.